The second-order valence-corrected chi connectivity index (χ2v) is 7.72. The summed E-state index contributed by atoms with van der Waals surface area (Å²) in [6, 6.07) is 19.0. The third-order valence-corrected chi connectivity index (χ3v) is 5.05. The van der Waals surface area contributed by atoms with E-state index < -0.39 is 11.8 Å². The average Bonchev–Trinajstić information content (AvgIpc) is 2.81. The van der Waals surface area contributed by atoms with Gasteiger partial charge in [0.05, 0.1) is 6.21 Å². The summed E-state index contributed by atoms with van der Waals surface area (Å²) in [5.41, 5.74) is 5.67. The van der Waals surface area contributed by atoms with Crippen molar-refractivity contribution in [1.82, 2.24) is 5.43 Å². The molecule has 0 aliphatic heterocycles. The number of hydrogen-bond donors (Lipinski definition) is 3. The second-order valence-electron chi connectivity index (χ2n) is 7.29. The van der Waals surface area contributed by atoms with Gasteiger partial charge in [-0.25, -0.2) is 5.43 Å². The van der Waals surface area contributed by atoms with Gasteiger partial charge in [0.2, 0.25) is 0 Å². The van der Waals surface area contributed by atoms with Crippen LogP contribution in [0.25, 0.3) is 0 Å². The predicted molar refractivity (Wildman–Crippen MR) is 132 cm³/mol. The van der Waals surface area contributed by atoms with Gasteiger partial charge in [0, 0.05) is 22.0 Å². The van der Waals surface area contributed by atoms with E-state index in [0.29, 0.717) is 27.7 Å². The number of hydrazone groups is 1. The number of aryl methyl sites for hydroxylation is 1. The number of benzene rings is 3. The van der Waals surface area contributed by atoms with Crippen molar-refractivity contribution >= 4 is 46.9 Å². The minimum absolute atomic E-state index is 0.248. The zero-order valence-corrected chi connectivity index (χ0v) is 19.3. The molecule has 0 heterocycles. The molecule has 174 valence electrons. The van der Waals surface area contributed by atoms with Crippen LogP contribution in [0.1, 0.15) is 16.7 Å². The molecule has 3 aromatic carbocycles. The third kappa shape index (κ3) is 6.91. The fraction of sp³-hybridized carbons (Fsp3) is 0.120. The number of rotatable bonds is 7. The molecule has 0 unspecified atom stereocenters. The molecule has 8 nitrogen and oxygen atoms in total. The topological polar surface area (TPSA) is 109 Å². The molecule has 9 heteroatoms. The van der Waals surface area contributed by atoms with E-state index in [1.165, 1.54) is 6.21 Å². The highest BCUT2D eigenvalue weighted by Crippen LogP contribution is 2.18. The Labute approximate surface area is 202 Å². The minimum Gasteiger partial charge on any atom is -0.483 e. The Kier molecular flexibility index (Phi) is 8.37. The highest BCUT2D eigenvalue weighted by Gasteiger charge is 2.14. The van der Waals surface area contributed by atoms with Gasteiger partial charge in [-0.05, 0) is 61.4 Å². The number of nitrogens with one attached hydrogen (secondary N) is 3. The summed E-state index contributed by atoms with van der Waals surface area (Å²) >= 11 is 5.91. The Morgan fingerprint density at radius 3 is 2.50 bits per heavy atom. The summed E-state index contributed by atoms with van der Waals surface area (Å²) in [7, 11) is 0. The van der Waals surface area contributed by atoms with Gasteiger partial charge in [0.1, 0.15) is 5.75 Å². The smallest absolute Gasteiger partial charge is 0.329 e. The van der Waals surface area contributed by atoms with E-state index >= 15 is 0 Å². The lowest BCUT2D eigenvalue weighted by molar-refractivity contribution is -0.136. The van der Waals surface area contributed by atoms with Gasteiger partial charge < -0.3 is 15.4 Å². The number of carbonyl (C=O) groups excluding carboxylic acids is 3. The Bertz CT molecular complexity index is 1240. The number of halogens is 1. The van der Waals surface area contributed by atoms with Crippen LogP contribution in [-0.2, 0) is 14.4 Å². The minimum atomic E-state index is -0.920. The van der Waals surface area contributed by atoms with E-state index in [4.69, 9.17) is 16.3 Å². The van der Waals surface area contributed by atoms with Crippen molar-refractivity contribution in [1.29, 1.82) is 0 Å². The second kappa shape index (κ2) is 11.6. The molecule has 3 N–H and O–H groups in total. The quantitative estimate of drug-likeness (QED) is 0.270. The monoisotopic (exact) mass is 478 g/mol. The first-order valence-electron chi connectivity index (χ1n) is 10.3. The summed E-state index contributed by atoms with van der Waals surface area (Å²) in [5.74, 6) is -1.75. The zero-order chi connectivity index (χ0) is 24.5. The molecule has 0 saturated carbocycles. The van der Waals surface area contributed by atoms with Crippen molar-refractivity contribution < 1.29 is 19.1 Å². The van der Waals surface area contributed by atoms with E-state index in [1.54, 1.807) is 60.7 Å². The van der Waals surface area contributed by atoms with Gasteiger partial charge in [-0.15, -0.1) is 0 Å². The standard InChI is InChI=1S/C25H23ClN4O4/c1-16-7-5-11-21(17(16)2)29-24(32)25(33)30-27-14-18-8-3-4-12-22(18)34-15-23(31)28-20-10-6-9-19(26)13-20/h3-14H,15H2,1-2H3,(H,28,31)(H,29,32)(H,30,33)/b27-14-. The van der Waals surface area contributed by atoms with Crippen LogP contribution in [0.2, 0.25) is 5.02 Å². The SMILES string of the molecule is Cc1cccc(NC(=O)C(=O)N/N=C\c2ccccc2OCC(=O)Nc2cccc(Cl)c2)c1C. The first-order valence-corrected chi connectivity index (χ1v) is 10.7. The van der Waals surface area contributed by atoms with Crippen LogP contribution < -0.4 is 20.8 Å². The van der Waals surface area contributed by atoms with Crippen LogP contribution in [-0.4, -0.2) is 30.5 Å². The fourth-order valence-corrected chi connectivity index (χ4v) is 3.09. The van der Waals surface area contributed by atoms with E-state index in [-0.39, 0.29) is 12.5 Å². The first kappa shape index (κ1) is 24.5. The van der Waals surface area contributed by atoms with Crippen LogP contribution in [0.3, 0.4) is 0 Å². The predicted octanol–water partition coefficient (Wildman–Crippen LogP) is 4.06. The molecule has 0 aromatic heterocycles. The molecule has 0 atom stereocenters. The Morgan fingerprint density at radius 2 is 1.71 bits per heavy atom. The lowest BCUT2D eigenvalue weighted by Gasteiger charge is -2.10. The molecular weight excluding hydrogens is 456 g/mol. The number of nitrogens with zero attached hydrogens (tertiary/aromatic N) is 1. The molecule has 0 aliphatic rings. The van der Waals surface area contributed by atoms with Crippen LogP contribution >= 0.6 is 11.6 Å². The van der Waals surface area contributed by atoms with Crippen molar-refractivity contribution in [2.24, 2.45) is 5.10 Å². The zero-order valence-electron chi connectivity index (χ0n) is 18.6. The molecule has 34 heavy (non-hydrogen) atoms. The maximum absolute atomic E-state index is 12.2. The van der Waals surface area contributed by atoms with Gasteiger partial charge >= 0.3 is 11.8 Å². The highest BCUT2D eigenvalue weighted by atomic mass is 35.5. The molecule has 3 aromatic rings. The summed E-state index contributed by atoms with van der Waals surface area (Å²) in [6.45, 7) is 3.52. The maximum Gasteiger partial charge on any atom is 0.329 e. The highest BCUT2D eigenvalue weighted by molar-refractivity contribution is 6.39. The molecule has 0 radical (unpaired) electrons. The summed E-state index contributed by atoms with van der Waals surface area (Å²) in [4.78, 5) is 36.4. The first-order chi connectivity index (χ1) is 16.3. The number of amides is 3. The molecule has 3 amide bonds. The van der Waals surface area contributed by atoms with Gasteiger partial charge in [0.15, 0.2) is 6.61 Å². The van der Waals surface area contributed by atoms with Crippen LogP contribution in [0.15, 0.2) is 71.8 Å². The fourth-order valence-electron chi connectivity index (χ4n) is 2.90. The number of para-hydroxylation sites is 1. The van der Waals surface area contributed by atoms with E-state index in [2.05, 4.69) is 21.2 Å². The number of ether oxygens (including phenoxy) is 1. The normalized spacial score (nSPS) is 10.6. The number of carbonyl (C=O) groups is 3. The molecular formula is C25H23ClN4O4. The molecule has 0 spiro atoms. The van der Waals surface area contributed by atoms with E-state index in [0.717, 1.165) is 11.1 Å². The van der Waals surface area contributed by atoms with Gasteiger partial charge in [-0.2, -0.15) is 5.10 Å². The number of hydrogen-bond acceptors (Lipinski definition) is 5. The summed E-state index contributed by atoms with van der Waals surface area (Å²) in [6.07, 6.45) is 1.33. The summed E-state index contributed by atoms with van der Waals surface area (Å²) in [5, 5.41) is 9.59. The average molecular weight is 479 g/mol. The largest absolute Gasteiger partial charge is 0.483 e. The van der Waals surface area contributed by atoms with Gasteiger partial charge in [-0.1, -0.05) is 41.9 Å². The van der Waals surface area contributed by atoms with Crippen molar-refractivity contribution in [3.63, 3.8) is 0 Å². The Hall–Kier alpha value is -4.17. The van der Waals surface area contributed by atoms with Crippen LogP contribution in [0, 0.1) is 13.8 Å². The third-order valence-electron chi connectivity index (χ3n) is 4.81. The molecule has 3 rings (SSSR count). The Balaban J connectivity index is 1.55. The van der Waals surface area contributed by atoms with Crippen molar-refractivity contribution in [2.75, 3.05) is 17.2 Å². The molecule has 0 saturated heterocycles. The van der Waals surface area contributed by atoms with E-state index in [1.807, 2.05) is 19.9 Å². The van der Waals surface area contributed by atoms with Crippen molar-refractivity contribution in [2.45, 2.75) is 13.8 Å². The van der Waals surface area contributed by atoms with Gasteiger partial charge in [0.25, 0.3) is 5.91 Å². The molecule has 0 aliphatic carbocycles. The van der Waals surface area contributed by atoms with Crippen LogP contribution in [0.4, 0.5) is 11.4 Å². The lowest BCUT2D eigenvalue weighted by atomic mass is 10.1. The maximum atomic E-state index is 12.2. The Morgan fingerprint density at radius 1 is 0.941 bits per heavy atom. The number of anilines is 2. The van der Waals surface area contributed by atoms with Gasteiger partial charge in [-0.3, -0.25) is 14.4 Å². The van der Waals surface area contributed by atoms with Crippen molar-refractivity contribution in [3.05, 3.63) is 88.4 Å². The lowest BCUT2D eigenvalue weighted by Crippen LogP contribution is -2.32. The van der Waals surface area contributed by atoms with E-state index in [9.17, 15) is 14.4 Å². The summed E-state index contributed by atoms with van der Waals surface area (Å²) < 4.78 is 5.58. The molecule has 0 fully saturated rings. The molecule has 0 bridgehead atoms. The van der Waals surface area contributed by atoms with Crippen molar-refractivity contribution in [3.8, 4) is 5.75 Å². The van der Waals surface area contributed by atoms with Crippen LogP contribution in [0.5, 0.6) is 5.75 Å².